The summed E-state index contributed by atoms with van der Waals surface area (Å²) >= 11 is 0. The van der Waals surface area contributed by atoms with E-state index >= 15 is 0 Å². The molecule has 19 heavy (non-hydrogen) atoms. The highest BCUT2D eigenvalue weighted by Gasteiger charge is 2.44. The summed E-state index contributed by atoms with van der Waals surface area (Å²) in [6, 6.07) is -1.41. The second-order valence-electron chi connectivity index (χ2n) is 4.48. The minimum Gasteiger partial charge on any atom is -0.480 e. The van der Waals surface area contributed by atoms with Crippen molar-refractivity contribution in [1.82, 2.24) is 4.31 Å². The molecule has 1 unspecified atom stereocenters. The van der Waals surface area contributed by atoms with E-state index in [0.29, 0.717) is 4.31 Å². The van der Waals surface area contributed by atoms with E-state index in [1.165, 1.54) is 6.08 Å². The molecule has 0 aromatic rings. The Balaban J connectivity index is 2.29. The number of hydrogen-bond donors (Lipinski definition) is 1. The van der Waals surface area contributed by atoms with E-state index in [1.807, 2.05) is 0 Å². The van der Waals surface area contributed by atoms with Crippen LogP contribution in [0.25, 0.3) is 0 Å². The molecule has 1 fully saturated rings. The topological polar surface area (TPSA) is 74.7 Å². The molecule has 3 atom stereocenters. The minimum atomic E-state index is -4.09. The van der Waals surface area contributed by atoms with Crippen molar-refractivity contribution in [1.29, 1.82) is 0 Å². The van der Waals surface area contributed by atoms with E-state index < -0.39 is 40.9 Å². The summed E-state index contributed by atoms with van der Waals surface area (Å²) in [6.45, 7) is -0.483. The van der Waals surface area contributed by atoms with Crippen LogP contribution in [0.3, 0.4) is 0 Å². The Morgan fingerprint density at radius 3 is 2.63 bits per heavy atom. The Bertz CT molecular complexity index is 543. The zero-order chi connectivity index (χ0) is 14.2. The molecule has 2 rings (SSSR count). The van der Waals surface area contributed by atoms with Crippen LogP contribution < -0.4 is 0 Å². The van der Waals surface area contributed by atoms with E-state index in [9.17, 15) is 22.0 Å². The summed E-state index contributed by atoms with van der Waals surface area (Å²) in [5.74, 6) is -1.38. The number of carboxylic acid groups (broad SMARTS) is 1. The summed E-state index contributed by atoms with van der Waals surface area (Å²) in [4.78, 5) is 10.8. The van der Waals surface area contributed by atoms with Crippen LogP contribution in [0.2, 0.25) is 0 Å². The van der Waals surface area contributed by atoms with Gasteiger partial charge in [0.2, 0.25) is 10.0 Å². The SMILES string of the molecule is O=C(O)[C@@H]1C[C@@H](F)CN1S(=O)(=O)C1=CCC(F)C=C1. The van der Waals surface area contributed by atoms with Crippen LogP contribution >= 0.6 is 0 Å². The second kappa shape index (κ2) is 5.01. The highest BCUT2D eigenvalue weighted by molar-refractivity contribution is 7.93. The van der Waals surface area contributed by atoms with Crippen molar-refractivity contribution >= 4 is 16.0 Å². The number of nitrogens with zero attached hydrogens (tertiary/aromatic N) is 1. The Labute approximate surface area is 109 Å². The number of sulfonamides is 1. The Hall–Kier alpha value is -1.28. The molecule has 0 aromatic heterocycles. The van der Waals surface area contributed by atoms with E-state index in [-0.39, 0.29) is 17.7 Å². The predicted octanol–water partition coefficient (Wildman–Crippen LogP) is 0.995. The second-order valence-corrected chi connectivity index (χ2v) is 6.37. The smallest absolute Gasteiger partial charge is 0.322 e. The molecule has 0 bridgehead atoms. The first kappa shape index (κ1) is 14.1. The fraction of sp³-hybridized carbons (Fsp3) is 0.545. The van der Waals surface area contributed by atoms with Gasteiger partial charge in [-0.3, -0.25) is 4.79 Å². The van der Waals surface area contributed by atoms with Gasteiger partial charge < -0.3 is 5.11 Å². The third-order valence-corrected chi connectivity index (χ3v) is 5.03. The maximum atomic E-state index is 13.3. The molecule has 0 amide bonds. The first-order valence-corrected chi connectivity index (χ1v) is 7.17. The standard InChI is InChI=1S/C11H13F2NO4S/c12-7-1-3-9(4-2-7)19(17,18)14-6-8(13)5-10(14)11(15)16/h1,3-4,7-8,10H,2,5-6H2,(H,15,16)/t7?,8-,10+/m1/s1. The maximum absolute atomic E-state index is 13.3. The number of rotatable bonds is 3. The van der Waals surface area contributed by atoms with Crippen LogP contribution in [0.15, 0.2) is 23.1 Å². The summed E-state index contributed by atoms with van der Waals surface area (Å²) < 4.78 is 51.2. The van der Waals surface area contributed by atoms with Crippen molar-refractivity contribution in [2.45, 2.75) is 31.2 Å². The summed E-state index contributed by atoms with van der Waals surface area (Å²) in [5.41, 5.74) is 0. The van der Waals surface area contributed by atoms with Crippen LogP contribution in [0.4, 0.5) is 8.78 Å². The van der Waals surface area contributed by atoms with Crippen LogP contribution in [-0.2, 0) is 14.8 Å². The van der Waals surface area contributed by atoms with Crippen molar-refractivity contribution < 1.29 is 27.1 Å². The normalized spacial score (nSPS) is 32.3. The maximum Gasteiger partial charge on any atom is 0.322 e. The van der Waals surface area contributed by atoms with Gasteiger partial charge in [-0.05, 0) is 12.2 Å². The number of hydrogen-bond acceptors (Lipinski definition) is 3. The molecule has 1 aliphatic carbocycles. The first-order valence-electron chi connectivity index (χ1n) is 5.73. The monoisotopic (exact) mass is 293 g/mol. The molecule has 1 saturated heterocycles. The zero-order valence-corrected chi connectivity index (χ0v) is 10.7. The predicted molar refractivity (Wildman–Crippen MR) is 63.3 cm³/mol. The van der Waals surface area contributed by atoms with Gasteiger partial charge in [-0.1, -0.05) is 6.08 Å². The van der Waals surface area contributed by atoms with E-state index in [2.05, 4.69) is 0 Å². The molecule has 0 saturated carbocycles. The molecule has 0 radical (unpaired) electrons. The van der Waals surface area contributed by atoms with Crippen molar-refractivity contribution in [3.05, 3.63) is 23.1 Å². The number of carbonyl (C=O) groups is 1. The molecule has 106 valence electrons. The Morgan fingerprint density at radius 1 is 1.42 bits per heavy atom. The van der Waals surface area contributed by atoms with Gasteiger partial charge in [-0.15, -0.1) is 0 Å². The fourth-order valence-corrected chi connectivity index (χ4v) is 3.85. The average Bonchev–Trinajstić information content (AvgIpc) is 2.73. The number of aliphatic carboxylic acids is 1. The number of alkyl halides is 2. The Kier molecular flexibility index (Phi) is 3.73. The molecule has 5 nitrogen and oxygen atoms in total. The van der Waals surface area contributed by atoms with Crippen LogP contribution in [0, 0.1) is 0 Å². The number of carboxylic acids is 1. The number of halogens is 2. The van der Waals surface area contributed by atoms with Gasteiger partial charge in [0.1, 0.15) is 18.4 Å². The Morgan fingerprint density at radius 2 is 2.11 bits per heavy atom. The molecule has 8 heteroatoms. The van der Waals surface area contributed by atoms with Crippen molar-refractivity contribution in [3.8, 4) is 0 Å². The van der Waals surface area contributed by atoms with Crippen molar-refractivity contribution in [2.24, 2.45) is 0 Å². The quantitative estimate of drug-likeness (QED) is 0.842. The van der Waals surface area contributed by atoms with Gasteiger partial charge in [0, 0.05) is 19.4 Å². The lowest BCUT2D eigenvalue weighted by Crippen LogP contribution is -2.41. The minimum absolute atomic E-state index is 0.0876. The lowest BCUT2D eigenvalue weighted by atomic mass is 10.2. The van der Waals surface area contributed by atoms with E-state index in [0.717, 1.165) is 12.2 Å². The van der Waals surface area contributed by atoms with Gasteiger partial charge in [-0.25, -0.2) is 17.2 Å². The lowest BCUT2D eigenvalue weighted by molar-refractivity contribution is -0.140. The summed E-state index contributed by atoms with van der Waals surface area (Å²) in [5, 5.41) is 8.93. The molecular weight excluding hydrogens is 280 g/mol. The first-order chi connectivity index (χ1) is 8.82. The van der Waals surface area contributed by atoms with Crippen molar-refractivity contribution in [3.63, 3.8) is 0 Å². The van der Waals surface area contributed by atoms with Gasteiger partial charge >= 0.3 is 5.97 Å². The average molecular weight is 293 g/mol. The summed E-state index contributed by atoms with van der Waals surface area (Å²) in [6.07, 6.45) is 0.163. The van der Waals surface area contributed by atoms with Gasteiger partial charge in [0.05, 0.1) is 4.91 Å². The molecule has 1 heterocycles. The molecule has 1 N–H and O–H groups in total. The third-order valence-electron chi connectivity index (χ3n) is 3.11. The molecule has 0 spiro atoms. The van der Waals surface area contributed by atoms with E-state index in [4.69, 9.17) is 5.11 Å². The van der Waals surface area contributed by atoms with Gasteiger partial charge in [0.25, 0.3) is 0 Å². The number of allylic oxidation sites excluding steroid dienone is 3. The lowest BCUT2D eigenvalue weighted by Gasteiger charge is -2.22. The van der Waals surface area contributed by atoms with Crippen LogP contribution in [-0.4, -0.2) is 48.7 Å². The van der Waals surface area contributed by atoms with Crippen LogP contribution in [0.1, 0.15) is 12.8 Å². The van der Waals surface area contributed by atoms with Gasteiger partial charge in [0.15, 0.2) is 0 Å². The highest BCUT2D eigenvalue weighted by atomic mass is 32.2. The van der Waals surface area contributed by atoms with Crippen molar-refractivity contribution in [2.75, 3.05) is 6.54 Å². The molecule has 1 aliphatic heterocycles. The molecular formula is C11H13F2NO4S. The highest BCUT2D eigenvalue weighted by Crippen LogP contribution is 2.29. The largest absolute Gasteiger partial charge is 0.480 e. The van der Waals surface area contributed by atoms with Crippen LogP contribution in [0.5, 0.6) is 0 Å². The third kappa shape index (κ3) is 2.69. The molecule has 0 aromatic carbocycles. The van der Waals surface area contributed by atoms with E-state index in [1.54, 1.807) is 0 Å². The fourth-order valence-electron chi connectivity index (χ4n) is 2.15. The molecule has 2 aliphatic rings. The summed E-state index contributed by atoms with van der Waals surface area (Å²) in [7, 11) is -4.09. The zero-order valence-electron chi connectivity index (χ0n) is 9.87. The van der Waals surface area contributed by atoms with Gasteiger partial charge in [-0.2, -0.15) is 4.31 Å².